The number of nitro groups is 1. The summed E-state index contributed by atoms with van der Waals surface area (Å²) in [6, 6.07) is 15.3. The SMILES string of the molecule is CCN(CC)CCN(CC(=O)N(Cc1ccccc1)C(C)(C)C)C(=O)c1ccc([N+](=O)[O-])cc1. The van der Waals surface area contributed by atoms with Crippen molar-refractivity contribution in [3.8, 4) is 0 Å². The van der Waals surface area contributed by atoms with Crippen LogP contribution in [0.1, 0.15) is 50.5 Å². The summed E-state index contributed by atoms with van der Waals surface area (Å²) in [6.07, 6.45) is 0. The van der Waals surface area contributed by atoms with Gasteiger partial charge < -0.3 is 14.7 Å². The highest BCUT2D eigenvalue weighted by atomic mass is 16.6. The largest absolute Gasteiger partial charge is 0.332 e. The number of nitrogens with zero attached hydrogens (tertiary/aromatic N) is 4. The maximum absolute atomic E-state index is 13.5. The highest BCUT2D eigenvalue weighted by Crippen LogP contribution is 2.19. The number of benzene rings is 2. The zero-order valence-corrected chi connectivity index (χ0v) is 20.9. The Morgan fingerprint density at radius 1 is 0.912 bits per heavy atom. The summed E-state index contributed by atoms with van der Waals surface area (Å²) in [6.45, 7) is 13.1. The molecule has 2 aromatic rings. The lowest BCUT2D eigenvalue weighted by Crippen LogP contribution is -2.51. The second-order valence-corrected chi connectivity index (χ2v) is 9.19. The number of non-ortho nitro benzene ring substituents is 1. The molecule has 8 nitrogen and oxygen atoms in total. The molecule has 0 saturated heterocycles. The molecule has 0 heterocycles. The van der Waals surface area contributed by atoms with E-state index in [2.05, 4.69) is 18.7 Å². The van der Waals surface area contributed by atoms with Gasteiger partial charge in [0.15, 0.2) is 0 Å². The average Bonchev–Trinajstić information content (AvgIpc) is 2.81. The molecule has 0 aromatic heterocycles. The molecule has 2 rings (SSSR count). The molecule has 184 valence electrons. The monoisotopic (exact) mass is 468 g/mol. The number of amides is 2. The maximum atomic E-state index is 13.5. The van der Waals surface area contributed by atoms with Gasteiger partial charge >= 0.3 is 0 Å². The zero-order valence-electron chi connectivity index (χ0n) is 20.9. The molecule has 8 heteroatoms. The van der Waals surface area contributed by atoms with E-state index in [1.54, 1.807) is 9.80 Å². The molecule has 2 aromatic carbocycles. The first-order valence-electron chi connectivity index (χ1n) is 11.7. The van der Waals surface area contributed by atoms with Crippen LogP contribution in [0.3, 0.4) is 0 Å². The van der Waals surface area contributed by atoms with E-state index in [4.69, 9.17) is 0 Å². The van der Waals surface area contributed by atoms with Gasteiger partial charge in [-0.15, -0.1) is 0 Å². The predicted octanol–water partition coefficient (Wildman–Crippen LogP) is 4.21. The molecule has 0 spiro atoms. The third kappa shape index (κ3) is 7.66. The fourth-order valence-electron chi connectivity index (χ4n) is 3.68. The zero-order chi connectivity index (χ0) is 25.3. The van der Waals surface area contributed by atoms with E-state index in [0.717, 1.165) is 18.7 Å². The quantitative estimate of drug-likeness (QED) is 0.364. The van der Waals surface area contributed by atoms with Gasteiger partial charge in [-0.1, -0.05) is 44.2 Å². The Morgan fingerprint density at radius 2 is 1.50 bits per heavy atom. The fraction of sp³-hybridized carbons (Fsp3) is 0.462. The number of rotatable bonds is 11. The average molecular weight is 469 g/mol. The van der Waals surface area contributed by atoms with Crippen LogP contribution in [0.15, 0.2) is 54.6 Å². The van der Waals surface area contributed by atoms with Crippen LogP contribution in [0, 0.1) is 10.1 Å². The van der Waals surface area contributed by atoms with Crippen LogP contribution < -0.4 is 0 Å². The molecule has 0 aliphatic rings. The Labute approximate surface area is 202 Å². The van der Waals surface area contributed by atoms with Gasteiger partial charge in [0.05, 0.1) is 4.92 Å². The van der Waals surface area contributed by atoms with Crippen LogP contribution in [0.5, 0.6) is 0 Å². The lowest BCUT2D eigenvalue weighted by atomic mass is 10.0. The van der Waals surface area contributed by atoms with Crippen molar-refractivity contribution in [1.29, 1.82) is 0 Å². The first-order valence-corrected chi connectivity index (χ1v) is 11.7. The molecule has 2 amide bonds. The smallest absolute Gasteiger partial charge is 0.269 e. The van der Waals surface area contributed by atoms with Gasteiger partial charge in [-0.25, -0.2) is 0 Å². The molecule has 0 fully saturated rings. The van der Waals surface area contributed by atoms with E-state index in [-0.39, 0.29) is 24.0 Å². The molecule has 0 radical (unpaired) electrons. The van der Waals surface area contributed by atoms with Crippen molar-refractivity contribution in [2.24, 2.45) is 0 Å². The third-order valence-corrected chi connectivity index (χ3v) is 5.81. The lowest BCUT2D eigenvalue weighted by Gasteiger charge is -2.37. The van der Waals surface area contributed by atoms with E-state index in [1.807, 2.05) is 51.1 Å². The van der Waals surface area contributed by atoms with Gasteiger partial charge in [0.25, 0.3) is 11.6 Å². The van der Waals surface area contributed by atoms with E-state index < -0.39 is 10.5 Å². The number of likely N-dealkylation sites (N-methyl/N-ethyl adjacent to an activating group) is 1. The van der Waals surface area contributed by atoms with Crippen LogP contribution in [0.25, 0.3) is 0 Å². The molecule has 34 heavy (non-hydrogen) atoms. The van der Waals surface area contributed by atoms with Crippen molar-refractivity contribution >= 4 is 17.5 Å². The molecule has 0 unspecified atom stereocenters. The van der Waals surface area contributed by atoms with Crippen LogP contribution >= 0.6 is 0 Å². The standard InChI is InChI=1S/C26H36N4O4/c1-6-27(7-2)17-18-28(25(32)22-13-15-23(16-14-22)30(33)34)20-24(31)29(26(3,4)5)19-21-11-9-8-10-12-21/h8-16H,6-7,17-20H2,1-5H3. The van der Waals surface area contributed by atoms with Crippen molar-refractivity contribution in [3.05, 3.63) is 75.8 Å². The molecule has 0 saturated carbocycles. The van der Waals surface area contributed by atoms with E-state index in [0.29, 0.717) is 25.2 Å². The Kier molecular flexibility index (Phi) is 9.74. The number of carbonyl (C=O) groups excluding carboxylic acids is 2. The summed E-state index contributed by atoms with van der Waals surface area (Å²) in [7, 11) is 0. The first kappa shape index (κ1) is 27.0. The molecule has 0 aliphatic carbocycles. The van der Waals surface area contributed by atoms with E-state index in [9.17, 15) is 19.7 Å². The van der Waals surface area contributed by atoms with Crippen molar-refractivity contribution in [2.75, 3.05) is 32.7 Å². The summed E-state index contributed by atoms with van der Waals surface area (Å²) in [5.41, 5.74) is 0.822. The number of hydrogen-bond acceptors (Lipinski definition) is 5. The van der Waals surface area contributed by atoms with E-state index in [1.165, 1.54) is 24.3 Å². The predicted molar refractivity (Wildman–Crippen MR) is 134 cm³/mol. The Hall–Kier alpha value is -3.26. The summed E-state index contributed by atoms with van der Waals surface area (Å²) < 4.78 is 0. The van der Waals surface area contributed by atoms with Gasteiger partial charge in [-0.05, 0) is 51.6 Å². The Morgan fingerprint density at radius 3 is 2.00 bits per heavy atom. The van der Waals surface area contributed by atoms with Gasteiger partial charge in [0.2, 0.25) is 5.91 Å². The number of nitro benzene ring substituents is 1. The van der Waals surface area contributed by atoms with Crippen LogP contribution in [0.2, 0.25) is 0 Å². The lowest BCUT2D eigenvalue weighted by molar-refractivity contribution is -0.384. The second kappa shape index (κ2) is 12.3. The van der Waals surface area contributed by atoms with Crippen molar-refractivity contribution in [3.63, 3.8) is 0 Å². The topological polar surface area (TPSA) is 87.0 Å². The highest BCUT2D eigenvalue weighted by Gasteiger charge is 2.29. The number of carbonyl (C=O) groups is 2. The minimum absolute atomic E-state index is 0.0683. The van der Waals surface area contributed by atoms with Crippen molar-refractivity contribution in [2.45, 2.75) is 46.7 Å². The summed E-state index contributed by atoms with van der Waals surface area (Å²) in [4.78, 5) is 42.8. The third-order valence-electron chi connectivity index (χ3n) is 5.81. The first-order chi connectivity index (χ1) is 16.1. The summed E-state index contributed by atoms with van der Waals surface area (Å²) >= 11 is 0. The maximum Gasteiger partial charge on any atom is 0.269 e. The van der Waals surface area contributed by atoms with Crippen molar-refractivity contribution in [1.82, 2.24) is 14.7 Å². The molecular weight excluding hydrogens is 432 g/mol. The Balaban J connectivity index is 2.28. The minimum atomic E-state index is -0.499. The minimum Gasteiger partial charge on any atom is -0.332 e. The van der Waals surface area contributed by atoms with Gasteiger partial charge in [0.1, 0.15) is 6.54 Å². The normalized spacial score (nSPS) is 11.4. The molecule has 0 N–H and O–H groups in total. The summed E-state index contributed by atoms with van der Waals surface area (Å²) in [5.74, 6) is -0.463. The molecular formula is C26H36N4O4. The fourth-order valence-corrected chi connectivity index (χ4v) is 3.68. The van der Waals surface area contributed by atoms with Crippen LogP contribution in [0.4, 0.5) is 5.69 Å². The molecule has 0 aliphatic heterocycles. The molecule has 0 bridgehead atoms. The Bertz CT molecular complexity index is 951. The van der Waals surface area contributed by atoms with Crippen molar-refractivity contribution < 1.29 is 14.5 Å². The van der Waals surface area contributed by atoms with Crippen LogP contribution in [-0.2, 0) is 11.3 Å². The van der Waals surface area contributed by atoms with Gasteiger partial charge in [0, 0.05) is 42.9 Å². The highest BCUT2D eigenvalue weighted by molar-refractivity contribution is 5.96. The van der Waals surface area contributed by atoms with Crippen LogP contribution in [-0.4, -0.2) is 69.7 Å². The van der Waals surface area contributed by atoms with E-state index >= 15 is 0 Å². The van der Waals surface area contributed by atoms with Gasteiger partial charge in [-0.2, -0.15) is 0 Å². The van der Waals surface area contributed by atoms with Gasteiger partial charge in [-0.3, -0.25) is 19.7 Å². The molecule has 0 atom stereocenters. The number of hydrogen-bond donors (Lipinski definition) is 0. The second-order valence-electron chi connectivity index (χ2n) is 9.19. The summed E-state index contributed by atoms with van der Waals surface area (Å²) in [5, 5.41) is 11.0.